The summed E-state index contributed by atoms with van der Waals surface area (Å²) in [5, 5.41) is 0.806. The molecule has 5 nitrogen and oxygen atoms in total. The number of amides is 2. The first-order valence-electron chi connectivity index (χ1n) is 12.0. The number of nitrogens with two attached hydrogens (primary N) is 1. The van der Waals surface area contributed by atoms with Crippen molar-refractivity contribution in [2.24, 2.45) is 11.1 Å². The molecular formula is C28H28FN3O2. The number of hydrogen-bond acceptors (Lipinski definition) is 2. The van der Waals surface area contributed by atoms with Gasteiger partial charge in [0, 0.05) is 23.2 Å². The first-order chi connectivity index (χ1) is 16.3. The Morgan fingerprint density at radius 3 is 2.74 bits per heavy atom. The second-order valence-electron chi connectivity index (χ2n) is 10.2. The number of nitrogens with one attached hydrogen (secondary N) is 1. The smallest absolute Gasteiger partial charge is 0.250 e. The van der Waals surface area contributed by atoms with Gasteiger partial charge in [0.2, 0.25) is 5.91 Å². The molecule has 0 bridgehead atoms. The first kappa shape index (κ1) is 21.1. The fraction of sp³-hybridized carbons (Fsp3) is 0.357. The van der Waals surface area contributed by atoms with E-state index < -0.39 is 11.7 Å². The van der Waals surface area contributed by atoms with Crippen LogP contribution >= 0.6 is 0 Å². The summed E-state index contributed by atoms with van der Waals surface area (Å²) in [6, 6.07) is 7.07. The van der Waals surface area contributed by atoms with E-state index in [4.69, 9.17) is 5.73 Å². The van der Waals surface area contributed by atoms with Crippen LogP contribution in [0, 0.1) is 11.2 Å². The highest BCUT2D eigenvalue weighted by atomic mass is 19.1. The van der Waals surface area contributed by atoms with Crippen LogP contribution in [0.3, 0.4) is 0 Å². The Bertz CT molecular complexity index is 1400. The zero-order valence-corrected chi connectivity index (χ0v) is 19.3. The molecule has 3 aromatic rings. The molecule has 3 N–H and O–H groups in total. The van der Waals surface area contributed by atoms with Gasteiger partial charge in [-0.2, -0.15) is 0 Å². The van der Waals surface area contributed by atoms with Crippen LogP contribution in [0.5, 0.6) is 0 Å². The third-order valence-corrected chi connectivity index (χ3v) is 8.36. The van der Waals surface area contributed by atoms with E-state index in [1.165, 1.54) is 25.0 Å². The Morgan fingerprint density at radius 2 is 2.03 bits per heavy atom. The molecule has 1 fully saturated rings. The van der Waals surface area contributed by atoms with E-state index in [1.807, 2.05) is 25.1 Å². The first-order valence-corrected chi connectivity index (χ1v) is 12.0. The van der Waals surface area contributed by atoms with Crippen molar-refractivity contribution >= 4 is 22.7 Å². The largest absolute Gasteiger partial charge is 0.366 e. The zero-order chi connectivity index (χ0) is 23.8. The molecule has 0 radical (unpaired) electrons. The second kappa shape index (κ2) is 7.29. The summed E-state index contributed by atoms with van der Waals surface area (Å²) < 4.78 is 15.9. The van der Waals surface area contributed by atoms with E-state index in [-0.39, 0.29) is 17.5 Å². The Balaban J connectivity index is 1.61. The minimum atomic E-state index is -0.627. The number of aromatic amines is 1. The molecule has 3 aliphatic rings. The van der Waals surface area contributed by atoms with Gasteiger partial charge in [0.05, 0.1) is 17.1 Å². The van der Waals surface area contributed by atoms with E-state index in [0.29, 0.717) is 29.5 Å². The number of carbonyl (C=O) groups excluding carboxylic acids is 2. The maximum atomic E-state index is 15.9. The lowest BCUT2D eigenvalue weighted by molar-refractivity contribution is -0.128. The van der Waals surface area contributed by atoms with Crippen molar-refractivity contribution in [1.29, 1.82) is 0 Å². The predicted molar refractivity (Wildman–Crippen MR) is 130 cm³/mol. The van der Waals surface area contributed by atoms with Gasteiger partial charge < -0.3 is 15.6 Å². The number of aryl methyl sites for hydroxylation is 1. The van der Waals surface area contributed by atoms with Crippen LogP contribution in [-0.4, -0.2) is 28.2 Å². The van der Waals surface area contributed by atoms with Gasteiger partial charge in [0.1, 0.15) is 5.82 Å². The van der Waals surface area contributed by atoms with Crippen molar-refractivity contribution in [3.8, 4) is 11.1 Å². The van der Waals surface area contributed by atoms with Crippen LogP contribution in [0.25, 0.3) is 22.0 Å². The fourth-order valence-corrected chi connectivity index (χ4v) is 6.30. The van der Waals surface area contributed by atoms with Gasteiger partial charge in [0.15, 0.2) is 0 Å². The lowest BCUT2D eigenvalue weighted by Gasteiger charge is -2.36. The molecular weight excluding hydrogens is 429 g/mol. The Labute approximate surface area is 197 Å². The summed E-state index contributed by atoms with van der Waals surface area (Å²) in [6.07, 6.45) is 7.33. The van der Waals surface area contributed by atoms with Crippen LogP contribution in [-0.2, 0) is 24.1 Å². The average molecular weight is 458 g/mol. The molecule has 0 saturated heterocycles. The molecule has 1 spiro atoms. The second-order valence-corrected chi connectivity index (χ2v) is 10.2. The van der Waals surface area contributed by atoms with Crippen LogP contribution in [0.2, 0.25) is 0 Å². The average Bonchev–Trinajstić information content (AvgIpc) is 3.48. The van der Waals surface area contributed by atoms with Gasteiger partial charge in [0.25, 0.3) is 5.91 Å². The Morgan fingerprint density at radius 1 is 1.24 bits per heavy atom. The Hall–Kier alpha value is -3.41. The van der Waals surface area contributed by atoms with Crippen molar-refractivity contribution in [1.82, 2.24) is 9.88 Å². The van der Waals surface area contributed by atoms with E-state index in [1.54, 1.807) is 4.90 Å². The number of nitrogens with zero attached hydrogens (tertiary/aromatic N) is 1. The highest BCUT2D eigenvalue weighted by Crippen LogP contribution is 2.56. The van der Waals surface area contributed by atoms with Crippen molar-refractivity contribution in [3.05, 3.63) is 70.7 Å². The molecule has 6 heteroatoms. The van der Waals surface area contributed by atoms with Crippen molar-refractivity contribution in [3.63, 3.8) is 0 Å². The number of fused-ring (bicyclic) bond motifs is 4. The van der Waals surface area contributed by atoms with Gasteiger partial charge in [-0.3, -0.25) is 9.59 Å². The lowest BCUT2D eigenvalue weighted by atomic mass is 9.81. The quantitative estimate of drug-likeness (QED) is 0.545. The predicted octanol–water partition coefficient (Wildman–Crippen LogP) is 4.97. The summed E-state index contributed by atoms with van der Waals surface area (Å²) in [6.45, 7) is 6.18. The van der Waals surface area contributed by atoms with Gasteiger partial charge in [-0.1, -0.05) is 24.8 Å². The fourth-order valence-electron chi connectivity index (χ4n) is 6.30. The van der Waals surface area contributed by atoms with Crippen molar-refractivity contribution in [2.75, 3.05) is 6.54 Å². The summed E-state index contributed by atoms with van der Waals surface area (Å²) in [5.41, 5.74) is 12.6. The topological polar surface area (TPSA) is 79.2 Å². The molecule has 2 aromatic carbocycles. The molecule has 2 heterocycles. The standard InChI is InChI=1S/C28H28FN3O2/c1-3-23(33)32-12-8-17-16(15(32)2)5-4-6-18(17)24-21(29)13-19(27(30)34)26-25(24)20-14-28(10-11-28)9-7-22(20)31-26/h3-6,13,15,31H,1,7-12,14H2,2H3,(H2,30,34)/t15-/m0/s1. The number of aromatic nitrogens is 1. The van der Waals surface area contributed by atoms with Crippen LogP contribution < -0.4 is 5.73 Å². The minimum absolute atomic E-state index is 0.0997. The van der Waals surface area contributed by atoms with Gasteiger partial charge in [-0.15, -0.1) is 0 Å². The normalized spacial score (nSPS) is 20.2. The maximum Gasteiger partial charge on any atom is 0.250 e. The summed E-state index contributed by atoms with van der Waals surface area (Å²) in [7, 11) is 0. The third kappa shape index (κ3) is 2.97. The minimum Gasteiger partial charge on any atom is -0.366 e. The molecule has 1 atom stereocenters. The summed E-state index contributed by atoms with van der Waals surface area (Å²) in [5.74, 6) is -1.15. The molecule has 2 aliphatic carbocycles. The van der Waals surface area contributed by atoms with E-state index in [9.17, 15) is 9.59 Å². The van der Waals surface area contributed by atoms with Crippen LogP contribution in [0.1, 0.15) is 65.0 Å². The third-order valence-electron chi connectivity index (χ3n) is 8.36. The number of carbonyl (C=O) groups is 2. The van der Waals surface area contributed by atoms with Crippen molar-refractivity contribution < 1.29 is 14.0 Å². The zero-order valence-electron chi connectivity index (χ0n) is 19.3. The summed E-state index contributed by atoms with van der Waals surface area (Å²) >= 11 is 0. The van der Waals surface area contributed by atoms with E-state index in [0.717, 1.165) is 52.6 Å². The number of H-pyrrole nitrogens is 1. The molecule has 0 unspecified atom stereocenters. The van der Waals surface area contributed by atoms with Gasteiger partial charge >= 0.3 is 0 Å². The molecule has 6 rings (SSSR count). The van der Waals surface area contributed by atoms with Crippen LogP contribution in [0.4, 0.5) is 4.39 Å². The number of benzene rings is 2. The molecule has 1 aliphatic heterocycles. The van der Waals surface area contributed by atoms with Gasteiger partial charge in [-0.05, 0) is 85.3 Å². The molecule has 1 saturated carbocycles. The van der Waals surface area contributed by atoms with Crippen LogP contribution in [0.15, 0.2) is 36.9 Å². The number of hydrogen-bond donors (Lipinski definition) is 2. The number of rotatable bonds is 3. The Kier molecular flexibility index (Phi) is 4.54. The lowest BCUT2D eigenvalue weighted by Crippen LogP contribution is -2.38. The molecule has 34 heavy (non-hydrogen) atoms. The summed E-state index contributed by atoms with van der Waals surface area (Å²) in [4.78, 5) is 29.9. The molecule has 2 amide bonds. The highest BCUT2D eigenvalue weighted by molar-refractivity contribution is 6.11. The maximum absolute atomic E-state index is 15.9. The monoisotopic (exact) mass is 457 g/mol. The van der Waals surface area contributed by atoms with Crippen molar-refractivity contribution in [2.45, 2.75) is 51.5 Å². The number of primary amides is 1. The molecule has 1 aromatic heterocycles. The molecule has 174 valence electrons. The van der Waals surface area contributed by atoms with E-state index >= 15 is 4.39 Å². The SMILES string of the molecule is C=CC(=O)N1CCc2c(-c3c(F)cc(C(N)=O)c4[nH]c5c(c34)CC3(CC5)CC3)cccc2[C@@H]1C. The van der Waals surface area contributed by atoms with E-state index in [2.05, 4.69) is 11.6 Å². The van der Waals surface area contributed by atoms with Gasteiger partial charge in [-0.25, -0.2) is 4.39 Å². The highest BCUT2D eigenvalue weighted by Gasteiger charge is 2.46. The number of halogens is 1.